The van der Waals surface area contributed by atoms with E-state index in [1.54, 1.807) is 12.4 Å². The topological polar surface area (TPSA) is 72.3 Å². The summed E-state index contributed by atoms with van der Waals surface area (Å²) in [7, 11) is 0. The van der Waals surface area contributed by atoms with Gasteiger partial charge in [0.15, 0.2) is 5.65 Å². The van der Waals surface area contributed by atoms with Gasteiger partial charge in [-0.15, -0.1) is 10.2 Å². The molecule has 136 valence electrons. The summed E-state index contributed by atoms with van der Waals surface area (Å²) >= 11 is 13.9. The molecule has 9 heteroatoms. The van der Waals surface area contributed by atoms with Gasteiger partial charge < -0.3 is 10.6 Å². The number of halogens is 2. The number of aromatic nitrogens is 4. The van der Waals surface area contributed by atoms with Gasteiger partial charge in [-0.2, -0.15) is 0 Å². The molecule has 0 spiro atoms. The number of benzene rings is 1. The Balaban J connectivity index is 1.67. The van der Waals surface area contributed by atoms with Crippen LogP contribution in [0.5, 0.6) is 0 Å². The van der Waals surface area contributed by atoms with Crippen molar-refractivity contribution in [3.05, 3.63) is 40.8 Å². The summed E-state index contributed by atoms with van der Waals surface area (Å²) in [5, 5.41) is 9.40. The molecule has 3 heterocycles. The van der Waals surface area contributed by atoms with Crippen LogP contribution in [0.1, 0.15) is 19.8 Å². The molecule has 0 radical (unpaired) electrons. The Morgan fingerprint density at radius 1 is 1.19 bits per heavy atom. The zero-order valence-corrected chi connectivity index (χ0v) is 16.5. The fraction of sp³-hybridized carbons (Fsp3) is 0.353. The average Bonchev–Trinajstić information content (AvgIpc) is 3.10. The summed E-state index contributed by atoms with van der Waals surface area (Å²) in [6.07, 6.45) is 5.36. The van der Waals surface area contributed by atoms with Gasteiger partial charge in [0.05, 0.1) is 14.9 Å². The normalized spacial score (nSPS) is 17.0. The van der Waals surface area contributed by atoms with Gasteiger partial charge in [0, 0.05) is 29.7 Å². The van der Waals surface area contributed by atoms with E-state index in [0.717, 1.165) is 47.3 Å². The van der Waals surface area contributed by atoms with E-state index in [4.69, 9.17) is 28.9 Å². The number of nitrogens with two attached hydrogens (primary N) is 1. The van der Waals surface area contributed by atoms with E-state index in [2.05, 4.69) is 27.0 Å². The number of rotatable bonds is 3. The molecule has 26 heavy (non-hydrogen) atoms. The lowest BCUT2D eigenvalue weighted by Gasteiger charge is -2.37. The third-order valence-corrected chi connectivity index (χ3v) is 6.60. The van der Waals surface area contributed by atoms with Crippen molar-refractivity contribution in [1.29, 1.82) is 0 Å². The number of hydrogen-bond acceptors (Lipinski definition) is 6. The van der Waals surface area contributed by atoms with E-state index in [9.17, 15) is 0 Å². The van der Waals surface area contributed by atoms with Gasteiger partial charge in [-0.1, -0.05) is 41.0 Å². The van der Waals surface area contributed by atoms with E-state index in [-0.39, 0.29) is 5.54 Å². The first kappa shape index (κ1) is 17.9. The van der Waals surface area contributed by atoms with Crippen LogP contribution in [-0.4, -0.2) is 38.2 Å². The van der Waals surface area contributed by atoms with Crippen LogP contribution >= 0.6 is 35.0 Å². The van der Waals surface area contributed by atoms with Crippen LogP contribution in [0.4, 0.5) is 5.95 Å². The second-order valence-corrected chi connectivity index (χ2v) is 8.61. The Morgan fingerprint density at radius 2 is 1.96 bits per heavy atom. The molecule has 0 aliphatic carbocycles. The molecule has 0 unspecified atom stereocenters. The summed E-state index contributed by atoms with van der Waals surface area (Å²) in [6.45, 7) is 3.82. The number of piperidine rings is 1. The minimum atomic E-state index is -0.109. The van der Waals surface area contributed by atoms with Crippen molar-refractivity contribution in [2.24, 2.45) is 5.73 Å². The van der Waals surface area contributed by atoms with Gasteiger partial charge in [0.1, 0.15) is 6.33 Å². The van der Waals surface area contributed by atoms with Crippen LogP contribution in [0.25, 0.3) is 5.65 Å². The van der Waals surface area contributed by atoms with Crippen LogP contribution in [0.2, 0.25) is 10.0 Å². The maximum Gasteiger partial charge on any atom is 0.212 e. The second kappa shape index (κ2) is 6.88. The smallest absolute Gasteiger partial charge is 0.212 e. The van der Waals surface area contributed by atoms with E-state index in [0.29, 0.717) is 10.0 Å². The Kier molecular flexibility index (Phi) is 4.73. The van der Waals surface area contributed by atoms with Crippen molar-refractivity contribution in [2.75, 3.05) is 18.0 Å². The maximum atomic E-state index is 6.31. The molecule has 6 nitrogen and oxygen atoms in total. The largest absolute Gasteiger partial charge is 0.342 e. The Hall–Kier alpha value is -1.54. The van der Waals surface area contributed by atoms with Crippen molar-refractivity contribution in [3.63, 3.8) is 0 Å². The van der Waals surface area contributed by atoms with Crippen molar-refractivity contribution in [1.82, 2.24) is 19.6 Å². The van der Waals surface area contributed by atoms with Crippen LogP contribution < -0.4 is 10.6 Å². The summed E-state index contributed by atoms with van der Waals surface area (Å²) in [5.74, 6) is 0.835. The lowest BCUT2D eigenvalue weighted by atomic mass is 9.91. The van der Waals surface area contributed by atoms with E-state index < -0.39 is 0 Å². The van der Waals surface area contributed by atoms with Gasteiger partial charge >= 0.3 is 0 Å². The molecule has 1 saturated heterocycles. The number of hydrogen-bond donors (Lipinski definition) is 1. The van der Waals surface area contributed by atoms with Crippen molar-refractivity contribution in [2.45, 2.75) is 35.1 Å². The van der Waals surface area contributed by atoms with Gasteiger partial charge in [-0.05, 0) is 31.9 Å². The van der Waals surface area contributed by atoms with Crippen molar-refractivity contribution in [3.8, 4) is 0 Å². The van der Waals surface area contributed by atoms with Crippen molar-refractivity contribution >= 4 is 46.6 Å². The first-order valence-electron chi connectivity index (χ1n) is 8.29. The average molecular weight is 409 g/mol. The molecule has 0 amide bonds. The molecule has 3 aromatic rings. The van der Waals surface area contributed by atoms with Gasteiger partial charge in [0.2, 0.25) is 5.95 Å². The standard InChI is InChI=1S/C17H18Cl2N6S/c1-17(20)5-7-24(8-6-17)16-21-9-13(15-23-22-10-25(15)16)26-12-4-2-3-11(18)14(12)19/h2-4,9-10H,5-8,20H2,1H3. The molecular weight excluding hydrogens is 391 g/mol. The van der Waals surface area contributed by atoms with Gasteiger partial charge in [-0.25, -0.2) is 9.38 Å². The zero-order chi connectivity index (χ0) is 18.3. The third kappa shape index (κ3) is 3.36. The highest BCUT2D eigenvalue weighted by Crippen LogP contribution is 2.38. The van der Waals surface area contributed by atoms with Gasteiger partial charge in [-0.3, -0.25) is 0 Å². The van der Waals surface area contributed by atoms with E-state index in [1.165, 1.54) is 11.8 Å². The zero-order valence-electron chi connectivity index (χ0n) is 14.2. The molecule has 1 fully saturated rings. The molecule has 1 aliphatic heterocycles. The SMILES string of the molecule is CC1(N)CCN(c2ncc(Sc3cccc(Cl)c3Cl)c3nncn23)CC1. The minimum absolute atomic E-state index is 0.109. The molecule has 0 atom stereocenters. The third-order valence-electron chi connectivity index (χ3n) is 4.61. The molecule has 2 N–H and O–H groups in total. The Labute approximate surface area is 165 Å². The fourth-order valence-corrected chi connectivity index (χ4v) is 4.38. The first-order chi connectivity index (χ1) is 12.4. The highest BCUT2D eigenvalue weighted by molar-refractivity contribution is 7.99. The number of fused-ring (bicyclic) bond motifs is 1. The summed E-state index contributed by atoms with van der Waals surface area (Å²) in [5.41, 5.74) is 6.88. The monoisotopic (exact) mass is 408 g/mol. The summed E-state index contributed by atoms with van der Waals surface area (Å²) in [4.78, 5) is 8.63. The Bertz CT molecular complexity index is 948. The highest BCUT2D eigenvalue weighted by atomic mass is 35.5. The molecule has 0 bridgehead atoms. The maximum absolute atomic E-state index is 6.31. The second-order valence-electron chi connectivity index (χ2n) is 6.74. The molecule has 0 saturated carbocycles. The molecule has 1 aliphatic rings. The fourth-order valence-electron chi connectivity index (χ4n) is 2.99. The highest BCUT2D eigenvalue weighted by Gasteiger charge is 2.28. The van der Waals surface area contributed by atoms with Crippen LogP contribution in [-0.2, 0) is 0 Å². The molecule has 2 aromatic heterocycles. The van der Waals surface area contributed by atoms with Crippen LogP contribution in [0.3, 0.4) is 0 Å². The predicted molar refractivity (Wildman–Crippen MR) is 105 cm³/mol. The number of anilines is 1. The lowest BCUT2D eigenvalue weighted by molar-refractivity contribution is 0.361. The van der Waals surface area contributed by atoms with Gasteiger partial charge in [0.25, 0.3) is 0 Å². The van der Waals surface area contributed by atoms with Crippen LogP contribution in [0.15, 0.2) is 40.5 Å². The first-order valence-corrected chi connectivity index (χ1v) is 9.86. The van der Waals surface area contributed by atoms with E-state index in [1.807, 2.05) is 22.7 Å². The molecule has 1 aromatic carbocycles. The number of nitrogens with zero attached hydrogens (tertiary/aromatic N) is 5. The predicted octanol–water partition coefficient (Wildman–Crippen LogP) is 3.90. The summed E-state index contributed by atoms with van der Waals surface area (Å²) in [6, 6.07) is 5.56. The summed E-state index contributed by atoms with van der Waals surface area (Å²) < 4.78 is 1.92. The van der Waals surface area contributed by atoms with E-state index >= 15 is 0 Å². The lowest BCUT2D eigenvalue weighted by Crippen LogP contribution is -2.48. The van der Waals surface area contributed by atoms with Crippen LogP contribution in [0, 0.1) is 0 Å². The Morgan fingerprint density at radius 3 is 2.73 bits per heavy atom. The van der Waals surface area contributed by atoms with Crippen molar-refractivity contribution < 1.29 is 0 Å². The quantitative estimate of drug-likeness (QED) is 0.708. The molecular formula is C17H18Cl2N6S. The minimum Gasteiger partial charge on any atom is -0.342 e. The molecule has 4 rings (SSSR count).